The summed E-state index contributed by atoms with van der Waals surface area (Å²) in [7, 11) is 0. The Kier molecular flexibility index (Phi) is 3.91. The molecule has 0 saturated carbocycles. The fourth-order valence-electron chi connectivity index (χ4n) is 1.66. The summed E-state index contributed by atoms with van der Waals surface area (Å²) < 4.78 is 13.2. The molecule has 0 aliphatic carbocycles. The first-order valence-electron chi connectivity index (χ1n) is 6.00. The van der Waals surface area contributed by atoms with Crippen molar-refractivity contribution in [1.82, 2.24) is 9.97 Å². The number of nitrogens with zero attached hydrogens (tertiary/aromatic N) is 2. The lowest BCUT2D eigenvalue weighted by Crippen LogP contribution is -2.11. The van der Waals surface area contributed by atoms with Crippen LogP contribution in [-0.2, 0) is 6.42 Å². The van der Waals surface area contributed by atoms with Crippen LogP contribution in [0.25, 0.3) is 0 Å². The molecule has 0 radical (unpaired) electrons. The van der Waals surface area contributed by atoms with Gasteiger partial charge >= 0.3 is 0 Å². The average Bonchev–Trinajstić information content (AvgIpc) is 2.42. The second-order valence-corrected chi connectivity index (χ2v) is 4.14. The second-order valence-electron chi connectivity index (χ2n) is 4.14. The van der Waals surface area contributed by atoms with E-state index in [0.29, 0.717) is 29.6 Å². The molecule has 0 unspecified atom stereocenters. The van der Waals surface area contributed by atoms with E-state index in [0.717, 1.165) is 5.56 Å². The maximum atomic E-state index is 13.2. The highest BCUT2D eigenvalue weighted by molar-refractivity contribution is 5.62. The smallest absolute Gasteiger partial charge is 0.145 e. The van der Waals surface area contributed by atoms with Crippen LogP contribution in [0.15, 0.2) is 24.3 Å². The zero-order chi connectivity index (χ0) is 13.8. The van der Waals surface area contributed by atoms with Crippen LogP contribution in [0.3, 0.4) is 0 Å². The molecule has 0 amide bonds. The van der Waals surface area contributed by atoms with Gasteiger partial charge in [0.1, 0.15) is 23.3 Å². The van der Waals surface area contributed by atoms with Crippen molar-refractivity contribution in [1.29, 1.82) is 0 Å². The normalized spacial score (nSPS) is 10.3. The highest BCUT2D eigenvalue weighted by Gasteiger charge is 2.05. The number of hydrogen-bond acceptors (Lipinski definition) is 5. The molecule has 0 aliphatic heterocycles. The predicted molar refractivity (Wildman–Crippen MR) is 73.6 cm³/mol. The highest BCUT2D eigenvalue weighted by atomic mass is 19.1. The lowest BCUT2D eigenvalue weighted by Gasteiger charge is -2.11. The van der Waals surface area contributed by atoms with Crippen LogP contribution >= 0.6 is 0 Å². The summed E-state index contributed by atoms with van der Waals surface area (Å²) >= 11 is 0. The highest BCUT2D eigenvalue weighted by Crippen LogP contribution is 2.21. The number of aryl methyl sites for hydroxylation is 2. The summed E-state index contributed by atoms with van der Waals surface area (Å²) in [4.78, 5) is 8.52. The monoisotopic (exact) mass is 261 g/mol. The third-order valence-corrected chi connectivity index (χ3v) is 2.70. The summed E-state index contributed by atoms with van der Waals surface area (Å²) in [5, 5.41) is 3.08. The summed E-state index contributed by atoms with van der Waals surface area (Å²) in [6.07, 6.45) is 0.687. The lowest BCUT2D eigenvalue weighted by molar-refractivity contribution is 0.628. The van der Waals surface area contributed by atoms with E-state index < -0.39 is 0 Å². The van der Waals surface area contributed by atoms with Gasteiger partial charge < -0.3 is 10.7 Å². The van der Waals surface area contributed by atoms with E-state index in [4.69, 9.17) is 5.84 Å². The van der Waals surface area contributed by atoms with Gasteiger partial charge in [-0.1, -0.05) is 13.0 Å². The van der Waals surface area contributed by atoms with Gasteiger partial charge in [0.05, 0.1) is 0 Å². The Balaban J connectivity index is 2.34. The molecule has 0 saturated heterocycles. The Hall–Kier alpha value is -2.21. The molecular formula is C13H16FN5. The summed E-state index contributed by atoms with van der Waals surface area (Å²) in [6, 6.07) is 6.23. The third kappa shape index (κ3) is 3.17. The Bertz CT molecular complexity index is 563. The number of hydrogen-bond donors (Lipinski definition) is 3. The average molecular weight is 261 g/mol. The molecule has 1 aromatic carbocycles. The maximum Gasteiger partial charge on any atom is 0.145 e. The number of halogens is 1. The van der Waals surface area contributed by atoms with Crippen molar-refractivity contribution in [2.24, 2.45) is 5.84 Å². The fourth-order valence-corrected chi connectivity index (χ4v) is 1.66. The number of aromatic nitrogens is 2. The number of nitrogens with one attached hydrogen (secondary N) is 2. The number of nitrogen functional groups attached to an aromatic ring is 1. The van der Waals surface area contributed by atoms with Gasteiger partial charge in [0.25, 0.3) is 0 Å². The van der Waals surface area contributed by atoms with E-state index in [2.05, 4.69) is 20.7 Å². The molecule has 0 fully saturated rings. The van der Waals surface area contributed by atoms with Gasteiger partial charge in [-0.15, -0.1) is 0 Å². The first kappa shape index (κ1) is 13.2. The minimum absolute atomic E-state index is 0.296. The number of nitrogens with two attached hydrogens (primary N) is 1. The molecule has 0 aliphatic rings. The molecule has 2 rings (SSSR count). The third-order valence-electron chi connectivity index (χ3n) is 2.70. The van der Waals surface area contributed by atoms with Crippen molar-refractivity contribution >= 4 is 17.3 Å². The van der Waals surface area contributed by atoms with E-state index >= 15 is 0 Å². The van der Waals surface area contributed by atoms with Crippen molar-refractivity contribution in [3.63, 3.8) is 0 Å². The minimum Gasteiger partial charge on any atom is -0.340 e. The van der Waals surface area contributed by atoms with Crippen molar-refractivity contribution in [3.8, 4) is 0 Å². The number of anilines is 3. The minimum atomic E-state index is -0.296. The Morgan fingerprint density at radius 1 is 1.21 bits per heavy atom. The van der Waals surface area contributed by atoms with Gasteiger partial charge in [0.15, 0.2) is 0 Å². The lowest BCUT2D eigenvalue weighted by atomic mass is 10.2. The molecule has 19 heavy (non-hydrogen) atoms. The van der Waals surface area contributed by atoms with Gasteiger partial charge in [-0.05, 0) is 24.6 Å². The van der Waals surface area contributed by atoms with Gasteiger partial charge in [-0.2, -0.15) is 0 Å². The van der Waals surface area contributed by atoms with Crippen LogP contribution in [0, 0.1) is 12.7 Å². The maximum absolute atomic E-state index is 13.2. The van der Waals surface area contributed by atoms with Gasteiger partial charge in [-0.3, -0.25) is 0 Å². The van der Waals surface area contributed by atoms with Crippen LogP contribution in [0.4, 0.5) is 21.7 Å². The van der Waals surface area contributed by atoms with Crippen LogP contribution in [0.1, 0.15) is 18.3 Å². The molecule has 0 bridgehead atoms. The van der Waals surface area contributed by atoms with Crippen molar-refractivity contribution in [2.75, 3.05) is 10.7 Å². The SMILES string of the molecule is CCc1nc(NN)cc(Nc2cc(F)ccc2C)n1. The van der Waals surface area contributed by atoms with Crippen LogP contribution < -0.4 is 16.6 Å². The fraction of sp³-hybridized carbons (Fsp3) is 0.231. The van der Waals surface area contributed by atoms with Crippen LogP contribution in [0.5, 0.6) is 0 Å². The van der Waals surface area contributed by atoms with Gasteiger partial charge in [-0.25, -0.2) is 20.2 Å². The first-order chi connectivity index (χ1) is 9.12. The van der Waals surface area contributed by atoms with E-state index in [9.17, 15) is 4.39 Å². The van der Waals surface area contributed by atoms with Gasteiger partial charge in [0.2, 0.25) is 0 Å². The zero-order valence-corrected chi connectivity index (χ0v) is 10.9. The molecule has 0 atom stereocenters. The molecule has 1 heterocycles. The largest absolute Gasteiger partial charge is 0.340 e. The number of rotatable bonds is 4. The second kappa shape index (κ2) is 5.62. The summed E-state index contributed by atoms with van der Waals surface area (Å²) in [5.74, 6) is 6.82. The van der Waals surface area contributed by atoms with Crippen LogP contribution in [-0.4, -0.2) is 9.97 Å². The zero-order valence-electron chi connectivity index (χ0n) is 10.9. The molecule has 6 heteroatoms. The number of benzene rings is 1. The van der Waals surface area contributed by atoms with E-state index in [-0.39, 0.29) is 5.82 Å². The van der Waals surface area contributed by atoms with E-state index in [1.807, 2.05) is 13.8 Å². The number of hydrazine groups is 1. The molecule has 5 nitrogen and oxygen atoms in total. The topological polar surface area (TPSA) is 75.9 Å². The van der Waals surface area contributed by atoms with Crippen molar-refractivity contribution < 1.29 is 4.39 Å². The van der Waals surface area contributed by atoms with Crippen molar-refractivity contribution in [2.45, 2.75) is 20.3 Å². The van der Waals surface area contributed by atoms with E-state index in [1.54, 1.807) is 12.1 Å². The summed E-state index contributed by atoms with van der Waals surface area (Å²) in [5.41, 5.74) is 4.09. The molecule has 1 aromatic heterocycles. The standard InChI is InChI=1S/C13H16FN5/c1-3-11-17-12(7-13(18-11)19-15)16-10-6-9(14)5-4-8(10)2/h4-7H,3,15H2,1-2H3,(H2,16,17,18,19). The predicted octanol–water partition coefficient (Wildman–Crippen LogP) is 2.52. The molecule has 4 N–H and O–H groups in total. The Morgan fingerprint density at radius 3 is 2.63 bits per heavy atom. The molecule has 0 spiro atoms. The molecular weight excluding hydrogens is 245 g/mol. The van der Waals surface area contributed by atoms with E-state index in [1.165, 1.54) is 12.1 Å². The van der Waals surface area contributed by atoms with Crippen molar-refractivity contribution in [3.05, 3.63) is 41.5 Å². The summed E-state index contributed by atoms with van der Waals surface area (Å²) in [6.45, 7) is 3.85. The Morgan fingerprint density at radius 2 is 1.95 bits per heavy atom. The first-order valence-corrected chi connectivity index (χ1v) is 6.00. The van der Waals surface area contributed by atoms with Gasteiger partial charge in [0, 0.05) is 18.2 Å². The van der Waals surface area contributed by atoms with Crippen LogP contribution in [0.2, 0.25) is 0 Å². The quantitative estimate of drug-likeness (QED) is 0.582. The Labute approximate surface area is 111 Å². The molecule has 100 valence electrons. The molecule has 2 aromatic rings.